The SMILES string of the molecule is COc1cc(/C=c2\sc3n(c2=O)[C@H](c2ccc(SC)cc2)C(C(=O)OC(C)C)=C(C)N=3)cc(Br)c1OC. The van der Waals surface area contributed by atoms with Crippen LogP contribution >= 0.6 is 39.0 Å². The molecule has 0 saturated carbocycles. The van der Waals surface area contributed by atoms with Crippen LogP contribution in [0.1, 0.15) is 37.9 Å². The highest BCUT2D eigenvalue weighted by Crippen LogP contribution is 2.36. The molecule has 3 aromatic rings. The van der Waals surface area contributed by atoms with Gasteiger partial charge in [0.1, 0.15) is 0 Å². The van der Waals surface area contributed by atoms with E-state index in [2.05, 4.69) is 20.9 Å². The number of aromatic nitrogens is 1. The van der Waals surface area contributed by atoms with E-state index < -0.39 is 12.0 Å². The van der Waals surface area contributed by atoms with Crippen molar-refractivity contribution < 1.29 is 19.0 Å². The Bertz CT molecular complexity index is 1560. The zero-order chi connectivity index (χ0) is 26.9. The molecule has 37 heavy (non-hydrogen) atoms. The summed E-state index contributed by atoms with van der Waals surface area (Å²) in [6, 6.07) is 10.9. The number of allylic oxidation sites excluding steroid dienone is 1. The molecule has 0 bridgehead atoms. The summed E-state index contributed by atoms with van der Waals surface area (Å²) in [6.07, 6.45) is 3.48. The average Bonchev–Trinajstić information content (AvgIpc) is 3.16. The van der Waals surface area contributed by atoms with Gasteiger partial charge in [-0.2, -0.15) is 0 Å². The van der Waals surface area contributed by atoms with Crippen molar-refractivity contribution in [2.75, 3.05) is 20.5 Å². The van der Waals surface area contributed by atoms with E-state index in [4.69, 9.17) is 14.2 Å². The Morgan fingerprint density at radius 3 is 2.49 bits per heavy atom. The van der Waals surface area contributed by atoms with Crippen LogP contribution in [0.5, 0.6) is 11.5 Å². The lowest BCUT2D eigenvalue weighted by Gasteiger charge is -2.25. The smallest absolute Gasteiger partial charge is 0.338 e. The highest BCUT2D eigenvalue weighted by Gasteiger charge is 2.33. The van der Waals surface area contributed by atoms with Gasteiger partial charge in [0.05, 0.1) is 46.6 Å². The summed E-state index contributed by atoms with van der Waals surface area (Å²) in [5.41, 5.74) is 2.22. The van der Waals surface area contributed by atoms with Crippen LogP contribution in [-0.2, 0) is 9.53 Å². The fraction of sp³-hybridized carbons (Fsp3) is 0.296. The zero-order valence-electron chi connectivity index (χ0n) is 21.3. The minimum absolute atomic E-state index is 0.240. The van der Waals surface area contributed by atoms with Crippen molar-refractivity contribution >= 4 is 51.1 Å². The molecule has 0 saturated heterocycles. The largest absolute Gasteiger partial charge is 0.493 e. The number of fused-ring (bicyclic) bond motifs is 1. The van der Waals surface area contributed by atoms with Gasteiger partial charge in [0.2, 0.25) is 0 Å². The second-order valence-electron chi connectivity index (χ2n) is 8.55. The number of esters is 1. The van der Waals surface area contributed by atoms with Gasteiger partial charge in [0.25, 0.3) is 5.56 Å². The van der Waals surface area contributed by atoms with E-state index in [0.29, 0.717) is 36.6 Å². The monoisotopic (exact) mass is 602 g/mol. The van der Waals surface area contributed by atoms with Gasteiger partial charge in [-0.3, -0.25) is 9.36 Å². The Hall–Kier alpha value is -2.82. The Kier molecular flexibility index (Phi) is 8.30. The van der Waals surface area contributed by atoms with Crippen LogP contribution in [0.25, 0.3) is 6.08 Å². The number of halogens is 1. The number of rotatable bonds is 7. The van der Waals surface area contributed by atoms with Gasteiger partial charge >= 0.3 is 5.97 Å². The fourth-order valence-electron chi connectivity index (χ4n) is 4.13. The van der Waals surface area contributed by atoms with Crippen LogP contribution in [-0.4, -0.2) is 37.1 Å². The van der Waals surface area contributed by atoms with E-state index in [1.54, 1.807) is 63.5 Å². The number of benzene rings is 2. The molecule has 4 rings (SSSR count). The van der Waals surface area contributed by atoms with Gasteiger partial charge in [-0.25, -0.2) is 9.79 Å². The summed E-state index contributed by atoms with van der Waals surface area (Å²) < 4.78 is 19.2. The molecule has 0 N–H and O–H groups in total. The Morgan fingerprint density at radius 2 is 1.89 bits per heavy atom. The lowest BCUT2D eigenvalue weighted by molar-refractivity contribution is -0.143. The summed E-state index contributed by atoms with van der Waals surface area (Å²) >= 11 is 6.41. The first kappa shape index (κ1) is 27.2. The molecular weight excluding hydrogens is 576 g/mol. The molecular formula is C27H27BrN2O5S2. The zero-order valence-corrected chi connectivity index (χ0v) is 24.5. The molecule has 10 heteroatoms. The fourth-order valence-corrected chi connectivity index (χ4v) is 6.21. The van der Waals surface area contributed by atoms with Gasteiger partial charge in [0, 0.05) is 4.90 Å². The summed E-state index contributed by atoms with van der Waals surface area (Å²) in [6.45, 7) is 5.38. The molecule has 0 spiro atoms. The highest BCUT2D eigenvalue weighted by atomic mass is 79.9. The second kappa shape index (κ2) is 11.3. The molecule has 1 aliphatic rings. The van der Waals surface area contributed by atoms with Gasteiger partial charge in [-0.1, -0.05) is 23.5 Å². The first-order chi connectivity index (χ1) is 17.7. The number of nitrogens with zero attached hydrogens (tertiary/aromatic N) is 2. The van der Waals surface area contributed by atoms with Gasteiger partial charge in [-0.05, 0) is 84.4 Å². The average molecular weight is 604 g/mol. The molecule has 194 valence electrons. The molecule has 1 aromatic heterocycles. The maximum Gasteiger partial charge on any atom is 0.338 e. The van der Waals surface area contributed by atoms with Crippen LogP contribution < -0.4 is 24.4 Å². The molecule has 1 atom stereocenters. The van der Waals surface area contributed by atoms with Crippen molar-refractivity contribution in [2.45, 2.75) is 37.8 Å². The Labute approximate surface area is 231 Å². The third-order valence-electron chi connectivity index (χ3n) is 5.77. The molecule has 0 radical (unpaired) electrons. The highest BCUT2D eigenvalue weighted by molar-refractivity contribution is 9.10. The van der Waals surface area contributed by atoms with Crippen molar-refractivity contribution in [3.8, 4) is 11.5 Å². The van der Waals surface area contributed by atoms with Crippen LogP contribution in [0.4, 0.5) is 0 Å². The van der Waals surface area contributed by atoms with Crippen LogP contribution in [0.2, 0.25) is 0 Å². The summed E-state index contributed by atoms with van der Waals surface area (Å²) in [7, 11) is 3.13. The number of carbonyl (C=O) groups is 1. The molecule has 1 aliphatic heterocycles. The van der Waals surface area contributed by atoms with Crippen LogP contribution in [0.3, 0.4) is 0 Å². The number of methoxy groups -OCH3 is 2. The van der Waals surface area contributed by atoms with Crippen molar-refractivity contribution in [2.24, 2.45) is 4.99 Å². The minimum Gasteiger partial charge on any atom is -0.493 e. The number of thioether (sulfide) groups is 1. The second-order valence-corrected chi connectivity index (χ2v) is 11.3. The molecule has 7 nitrogen and oxygen atoms in total. The molecule has 0 unspecified atom stereocenters. The van der Waals surface area contributed by atoms with Crippen molar-refractivity contribution in [1.29, 1.82) is 0 Å². The van der Waals surface area contributed by atoms with Crippen molar-refractivity contribution in [3.05, 3.63) is 83.0 Å². The van der Waals surface area contributed by atoms with Crippen molar-refractivity contribution in [3.63, 3.8) is 0 Å². The number of carbonyl (C=O) groups excluding carboxylic acids is 1. The van der Waals surface area contributed by atoms with Gasteiger partial charge < -0.3 is 14.2 Å². The number of hydrogen-bond acceptors (Lipinski definition) is 8. The molecule has 2 aromatic carbocycles. The maximum atomic E-state index is 13.8. The van der Waals surface area contributed by atoms with E-state index >= 15 is 0 Å². The van der Waals surface area contributed by atoms with E-state index in [-0.39, 0.29) is 11.7 Å². The predicted octanol–water partition coefficient (Wildman–Crippen LogP) is 4.69. The lowest BCUT2D eigenvalue weighted by atomic mass is 9.96. The van der Waals surface area contributed by atoms with Crippen LogP contribution in [0, 0.1) is 0 Å². The van der Waals surface area contributed by atoms with Crippen molar-refractivity contribution in [1.82, 2.24) is 4.57 Å². The minimum atomic E-state index is -0.655. The first-order valence-electron chi connectivity index (χ1n) is 11.5. The standard InChI is InChI=1S/C27H27BrN2O5S2/c1-14(2)35-26(32)22-15(3)29-27-30(23(22)17-7-9-18(36-6)10-8-17)25(31)21(37-27)13-16-11-19(28)24(34-5)20(12-16)33-4/h7-14,23H,1-6H3/b21-13-/t23-/m1/s1. The number of hydrogen-bond donors (Lipinski definition) is 0. The van der Waals surface area contributed by atoms with E-state index in [9.17, 15) is 9.59 Å². The number of ether oxygens (including phenoxy) is 3. The summed E-state index contributed by atoms with van der Waals surface area (Å²) in [5, 5.41) is 0. The van der Waals surface area contributed by atoms with E-state index in [1.807, 2.05) is 36.6 Å². The Balaban J connectivity index is 1.93. The van der Waals surface area contributed by atoms with E-state index in [0.717, 1.165) is 16.0 Å². The predicted molar refractivity (Wildman–Crippen MR) is 150 cm³/mol. The molecule has 0 aliphatic carbocycles. The summed E-state index contributed by atoms with van der Waals surface area (Å²) in [5.74, 6) is 0.629. The molecule has 0 fully saturated rings. The molecule has 2 heterocycles. The molecule has 0 amide bonds. The summed E-state index contributed by atoms with van der Waals surface area (Å²) in [4.78, 5) is 33.3. The van der Waals surface area contributed by atoms with Gasteiger partial charge in [-0.15, -0.1) is 11.8 Å². The quantitative estimate of drug-likeness (QED) is 0.288. The third kappa shape index (κ3) is 5.42. The Morgan fingerprint density at radius 1 is 1.19 bits per heavy atom. The van der Waals surface area contributed by atoms with Crippen LogP contribution in [0.15, 0.2) is 66.8 Å². The number of thiazole rings is 1. The van der Waals surface area contributed by atoms with Gasteiger partial charge in [0.15, 0.2) is 16.3 Å². The topological polar surface area (TPSA) is 79.1 Å². The maximum absolute atomic E-state index is 13.8. The lowest BCUT2D eigenvalue weighted by Crippen LogP contribution is -2.40. The third-order valence-corrected chi connectivity index (χ3v) is 8.09. The normalized spacial score (nSPS) is 15.5. The first-order valence-corrected chi connectivity index (χ1v) is 14.3. The van der Waals surface area contributed by atoms with E-state index in [1.165, 1.54) is 11.3 Å².